The standard InChI is InChI=1S/C12H26N2O3S/c1-17-10-6-13-5-2-3-7-14-8-4-11-18(15,16)12-9-14/h13H,2-12H2,1H3. The van der Waals surface area contributed by atoms with Crippen LogP contribution >= 0.6 is 0 Å². The van der Waals surface area contributed by atoms with E-state index >= 15 is 0 Å². The number of hydrogen-bond donors (Lipinski definition) is 1. The van der Waals surface area contributed by atoms with Gasteiger partial charge >= 0.3 is 0 Å². The zero-order valence-electron chi connectivity index (χ0n) is 11.4. The quantitative estimate of drug-likeness (QED) is 0.639. The number of ether oxygens (including phenoxy) is 1. The van der Waals surface area contributed by atoms with Gasteiger partial charge in [0.05, 0.1) is 18.1 Å². The van der Waals surface area contributed by atoms with Crippen molar-refractivity contribution in [3.8, 4) is 0 Å². The maximum absolute atomic E-state index is 11.4. The average Bonchev–Trinajstić information content (AvgIpc) is 2.50. The third kappa shape index (κ3) is 7.31. The highest BCUT2D eigenvalue weighted by molar-refractivity contribution is 7.91. The fourth-order valence-electron chi connectivity index (χ4n) is 2.10. The molecule has 5 nitrogen and oxygen atoms in total. The topological polar surface area (TPSA) is 58.6 Å². The summed E-state index contributed by atoms with van der Waals surface area (Å²) in [5, 5.41) is 3.31. The highest BCUT2D eigenvalue weighted by atomic mass is 32.2. The Morgan fingerprint density at radius 2 is 2.00 bits per heavy atom. The number of rotatable bonds is 8. The number of nitrogens with zero attached hydrogens (tertiary/aromatic N) is 1. The molecule has 1 fully saturated rings. The lowest BCUT2D eigenvalue weighted by atomic mass is 10.2. The Hall–Kier alpha value is -0.170. The number of unbranched alkanes of at least 4 members (excludes halogenated alkanes) is 1. The molecule has 18 heavy (non-hydrogen) atoms. The van der Waals surface area contributed by atoms with Gasteiger partial charge in [0.25, 0.3) is 0 Å². The van der Waals surface area contributed by atoms with Crippen LogP contribution in [-0.2, 0) is 14.6 Å². The third-order valence-electron chi connectivity index (χ3n) is 3.21. The van der Waals surface area contributed by atoms with E-state index in [0.717, 1.165) is 52.0 Å². The number of sulfone groups is 1. The number of hydrogen-bond acceptors (Lipinski definition) is 5. The van der Waals surface area contributed by atoms with E-state index in [-0.39, 0.29) is 0 Å². The van der Waals surface area contributed by atoms with Gasteiger partial charge in [0, 0.05) is 20.2 Å². The molecule has 1 saturated heterocycles. The molecule has 1 aliphatic heterocycles. The van der Waals surface area contributed by atoms with Crippen LogP contribution in [0.15, 0.2) is 0 Å². The smallest absolute Gasteiger partial charge is 0.151 e. The van der Waals surface area contributed by atoms with Crippen molar-refractivity contribution < 1.29 is 13.2 Å². The lowest BCUT2D eigenvalue weighted by molar-refractivity contribution is 0.199. The second kappa shape index (κ2) is 8.85. The summed E-state index contributed by atoms with van der Waals surface area (Å²) < 4.78 is 27.8. The van der Waals surface area contributed by atoms with Crippen molar-refractivity contribution >= 4 is 9.84 Å². The molecular weight excluding hydrogens is 252 g/mol. The molecule has 1 rings (SSSR count). The summed E-state index contributed by atoms with van der Waals surface area (Å²) in [4.78, 5) is 2.28. The first-order chi connectivity index (χ1) is 8.64. The third-order valence-corrected chi connectivity index (χ3v) is 4.92. The molecule has 0 bridgehead atoms. The van der Waals surface area contributed by atoms with Crippen molar-refractivity contribution in [2.45, 2.75) is 19.3 Å². The van der Waals surface area contributed by atoms with E-state index in [2.05, 4.69) is 10.2 Å². The van der Waals surface area contributed by atoms with Crippen LogP contribution in [0.4, 0.5) is 0 Å². The number of methoxy groups -OCH3 is 1. The number of nitrogens with one attached hydrogen (secondary N) is 1. The van der Waals surface area contributed by atoms with Gasteiger partial charge in [0.2, 0.25) is 0 Å². The molecule has 0 amide bonds. The van der Waals surface area contributed by atoms with E-state index in [9.17, 15) is 8.42 Å². The highest BCUT2D eigenvalue weighted by Gasteiger charge is 2.18. The molecule has 0 atom stereocenters. The Morgan fingerprint density at radius 3 is 2.78 bits per heavy atom. The van der Waals surface area contributed by atoms with E-state index in [0.29, 0.717) is 18.1 Å². The highest BCUT2D eigenvalue weighted by Crippen LogP contribution is 2.05. The van der Waals surface area contributed by atoms with Crippen LogP contribution < -0.4 is 5.32 Å². The van der Waals surface area contributed by atoms with E-state index < -0.39 is 9.84 Å². The second-order valence-corrected chi connectivity index (χ2v) is 7.10. The Labute approximate surface area is 111 Å². The van der Waals surface area contributed by atoms with Crippen molar-refractivity contribution in [2.24, 2.45) is 0 Å². The van der Waals surface area contributed by atoms with Gasteiger partial charge in [-0.05, 0) is 38.9 Å². The zero-order valence-corrected chi connectivity index (χ0v) is 12.2. The van der Waals surface area contributed by atoms with Crippen molar-refractivity contribution in [3.05, 3.63) is 0 Å². The summed E-state index contributed by atoms with van der Waals surface area (Å²) in [6.07, 6.45) is 3.04. The van der Waals surface area contributed by atoms with E-state index in [1.807, 2.05) is 0 Å². The molecule has 1 aliphatic rings. The Kier molecular flexibility index (Phi) is 7.81. The molecule has 0 radical (unpaired) electrons. The lowest BCUT2D eigenvalue weighted by Gasteiger charge is -2.18. The van der Waals surface area contributed by atoms with Crippen LogP contribution in [0.3, 0.4) is 0 Å². The molecule has 0 spiro atoms. The Balaban J connectivity index is 2.02. The fourth-order valence-corrected chi connectivity index (χ4v) is 3.41. The molecule has 0 unspecified atom stereocenters. The zero-order chi connectivity index (χ0) is 13.3. The van der Waals surface area contributed by atoms with Crippen LogP contribution in [0.5, 0.6) is 0 Å². The molecule has 0 aromatic carbocycles. The minimum atomic E-state index is -2.77. The minimum absolute atomic E-state index is 0.332. The van der Waals surface area contributed by atoms with Crippen LogP contribution in [0.25, 0.3) is 0 Å². The molecular formula is C12H26N2O3S. The van der Waals surface area contributed by atoms with Crippen molar-refractivity contribution in [1.82, 2.24) is 10.2 Å². The van der Waals surface area contributed by atoms with E-state index in [1.165, 1.54) is 0 Å². The summed E-state index contributed by atoms with van der Waals surface area (Å²) in [7, 11) is -1.06. The van der Waals surface area contributed by atoms with Gasteiger partial charge < -0.3 is 15.0 Å². The summed E-state index contributed by atoms with van der Waals surface area (Å²) >= 11 is 0. The molecule has 0 aromatic rings. The van der Waals surface area contributed by atoms with Gasteiger partial charge in [-0.1, -0.05) is 0 Å². The molecule has 1 N–H and O–H groups in total. The summed E-state index contributed by atoms with van der Waals surface area (Å²) in [6, 6.07) is 0. The fraction of sp³-hybridized carbons (Fsp3) is 1.00. The van der Waals surface area contributed by atoms with Crippen LogP contribution in [-0.4, -0.2) is 71.3 Å². The first kappa shape index (κ1) is 15.9. The van der Waals surface area contributed by atoms with E-state index in [1.54, 1.807) is 7.11 Å². The van der Waals surface area contributed by atoms with Gasteiger partial charge in [0.15, 0.2) is 9.84 Å². The Morgan fingerprint density at radius 1 is 1.17 bits per heavy atom. The monoisotopic (exact) mass is 278 g/mol. The summed E-state index contributed by atoms with van der Waals surface area (Å²) in [5.41, 5.74) is 0. The first-order valence-corrected chi connectivity index (χ1v) is 8.58. The average molecular weight is 278 g/mol. The van der Waals surface area contributed by atoms with Gasteiger partial charge in [-0.25, -0.2) is 8.42 Å². The minimum Gasteiger partial charge on any atom is -0.383 e. The molecule has 6 heteroatoms. The van der Waals surface area contributed by atoms with Crippen molar-refractivity contribution in [3.63, 3.8) is 0 Å². The predicted molar refractivity (Wildman–Crippen MR) is 73.7 cm³/mol. The van der Waals surface area contributed by atoms with Crippen molar-refractivity contribution in [2.75, 3.05) is 57.9 Å². The molecule has 1 heterocycles. The second-order valence-electron chi connectivity index (χ2n) is 4.80. The van der Waals surface area contributed by atoms with Crippen LogP contribution in [0, 0.1) is 0 Å². The van der Waals surface area contributed by atoms with Crippen LogP contribution in [0.2, 0.25) is 0 Å². The first-order valence-electron chi connectivity index (χ1n) is 6.76. The molecule has 108 valence electrons. The lowest BCUT2D eigenvalue weighted by Crippen LogP contribution is -2.29. The van der Waals surface area contributed by atoms with Gasteiger partial charge in [-0.15, -0.1) is 0 Å². The van der Waals surface area contributed by atoms with Gasteiger partial charge in [-0.3, -0.25) is 0 Å². The van der Waals surface area contributed by atoms with Gasteiger partial charge in [0.1, 0.15) is 0 Å². The maximum Gasteiger partial charge on any atom is 0.151 e. The van der Waals surface area contributed by atoms with Gasteiger partial charge in [-0.2, -0.15) is 0 Å². The normalized spacial score (nSPS) is 20.7. The molecule has 0 aliphatic carbocycles. The summed E-state index contributed by atoms with van der Waals surface area (Å²) in [5.74, 6) is 0.696. The molecule has 0 saturated carbocycles. The largest absolute Gasteiger partial charge is 0.383 e. The van der Waals surface area contributed by atoms with Crippen molar-refractivity contribution in [1.29, 1.82) is 0 Å². The Bertz CT molecular complexity index is 306. The van der Waals surface area contributed by atoms with E-state index in [4.69, 9.17) is 4.74 Å². The van der Waals surface area contributed by atoms with Crippen LogP contribution in [0.1, 0.15) is 19.3 Å². The molecule has 0 aromatic heterocycles. The SMILES string of the molecule is COCCNCCCCN1CCCS(=O)(=O)CC1. The summed E-state index contributed by atoms with van der Waals surface area (Å²) in [6.45, 7) is 5.31. The predicted octanol–water partition coefficient (Wildman–Crippen LogP) is 0.123. The maximum atomic E-state index is 11.4.